The molecule has 1 aromatic heterocycles. The maximum atomic E-state index is 4.48. The molecule has 25 heavy (non-hydrogen) atoms. The normalized spacial score (nSPS) is 16.4. The Labute approximate surface area is 150 Å². The zero-order valence-corrected chi connectivity index (χ0v) is 15.8. The number of guanidine groups is 1. The van der Waals surface area contributed by atoms with Gasteiger partial charge in [0, 0.05) is 43.9 Å². The number of aliphatic imine (C=N–C) groups is 1. The molecule has 1 aliphatic rings. The Morgan fingerprint density at radius 3 is 2.44 bits per heavy atom. The maximum Gasteiger partial charge on any atom is 0.191 e. The molecule has 2 N–H and O–H groups in total. The van der Waals surface area contributed by atoms with Gasteiger partial charge in [0.2, 0.25) is 0 Å². The van der Waals surface area contributed by atoms with Crippen LogP contribution in [0.3, 0.4) is 0 Å². The summed E-state index contributed by atoms with van der Waals surface area (Å²) in [6.45, 7) is 5.82. The van der Waals surface area contributed by atoms with E-state index in [9.17, 15) is 0 Å². The lowest BCUT2D eigenvalue weighted by Gasteiger charge is -2.43. The second kappa shape index (κ2) is 7.30. The molecular formula is C20H29N5. The smallest absolute Gasteiger partial charge is 0.191 e. The fourth-order valence-electron chi connectivity index (χ4n) is 3.68. The summed E-state index contributed by atoms with van der Waals surface area (Å²) >= 11 is 0. The largest absolute Gasteiger partial charge is 0.356 e. The third-order valence-electron chi connectivity index (χ3n) is 5.61. The number of aryl methyl sites for hydroxylation is 2. The van der Waals surface area contributed by atoms with Crippen LogP contribution >= 0.6 is 0 Å². The van der Waals surface area contributed by atoms with E-state index in [1.54, 1.807) is 0 Å². The third kappa shape index (κ3) is 3.55. The van der Waals surface area contributed by atoms with E-state index in [0.29, 0.717) is 0 Å². The molecule has 0 atom stereocenters. The lowest BCUT2D eigenvalue weighted by molar-refractivity contribution is 0.244. The van der Waals surface area contributed by atoms with E-state index in [1.807, 2.05) is 18.8 Å². The van der Waals surface area contributed by atoms with Crippen LogP contribution in [0.25, 0.3) is 0 Å². The Kier molecular flexibility index (Phi) is 5.11. The lowest BCUT2D eigenvalue weighted by Crippen LogP contribution is -2.48. The number of hydrogen-bond donors (Lipinski definition) is 2. The van der Waals surface area contributed by atoms with Crippen LogP contribution < -0.4 is 10.6 Å². The van der Waals surface area contributed by atoms with Crippen LogP contribution in [-0.4, -0.2) is 29.3 Å². The maximum absolute atomic E-state index is 4.48. The summed E-state index contributed by atoms with van der Waals surface area (Å²) in [6, 6.07) is 10.9. The number of hydrogen-bond acceptors (Lipinski definition) is 2. The summed E-state index contributed by atoms with van der Waals surface area (Å²) in [7, 11) is 3.81. The van der Waals surface area contributed by atoms with E-state index in [0.717, 1.165) is 24.7 Å². The van der Waals surface area contributed by atoms with Crippen LogP contribution in [0.4, 0.5) is 0 Å². The predicted molar refractivity (Wildman–Crippen MR) is 103 cm³/mol. The highest BCUT2D eigenvalue weighted by atomic mass is 15.3. The average molecular weight is 339 g/mol. The quantitative estimate of drug-likeness (QED) is 0.650. The van der Waals surface area contributed by atoms with Gasteiger partial charge in [0.25, 0.3) is 0 Å². The van der Waals surface area contributed by atoms with Crippen molar-refractivity contribution < 1.29 is 0 Å². The summed E-state index contributed by atoms with van der Waals surface area (Å²) in [6.07, 6.45) is 3.78. The Morgan fingerprint density at radius 2 is 1.92 bits per heavy atom. The van der Waals surface area contributed by atoms with Crippen LogP contribution in [0, 0.1) is 13.8 Å². The minimum absolute atomic E-state index is 0.249. The van der Waals surface area contributed by atoms with E-state index in [4.69, 9.17) is 0 Å². The molecule has 0 unspecified atom stereocenters. The second-order valence-electron chi connectivity index (χ2n) is 7.05. The molecule has 1 aromatic carbocycles. The Bertz CT molecular complexity index is 741. The fraction of sp³-hybridized carbons (Fsp3) is 0.500. The molecule has 0 radical (unpaired) electrons. The molecule has 5 heteroatoms. The molecule has 0 bridgehead atoms. The van der Waals surface area contributed by atoms with Gasteiger partial charge in [0.1, 0.15) is 0 Å². The van der Waals surface area contributed by atoms with Crippen molar-refractivity contribution >= 4 is 5.96 Å². The van der Waals surface area contributed by atoms with Gasteiger partial charge in [-0.05, 0) is 32.3 Å². The molecule has 1 heterocycles. The highest BCUT2D eigenvalue weighted by Crippen LogP contribution is 2.43. The van der Waals surface area contributed by atoms with Crippen LogP contribution in [0.5, 0.6) is 0 Å². The average Bonchev–Trinajstić information content (AvgIpc) is 2.83. The molecule has 0 saturated heterocycles. The number of aromatic nitrogens is 2. The predicted octanol–water partition coefficient (Wildman–Crippen LogP) is 2.82. The van der Waals surface area contributed by atoms with Gasteiger partial charge in [-0.1, -0.05) is 36.8 Å². The molecule has 0 spiro atoms. The number of benzene rings is 1. The number of rotatable bonds is 5. The second-order valence-corrected chi connectivity index (χ2v) is 7.05. The minimum Gasteiger partial charge on any atom is -0.356 e. The minimum atomic E-state index is 0.249. The van der Waals surface area contributed by atoms with Crippen molar-refractivity contribution in [3.05, 3.63) is 52.8 Å². The van der Waals surface area contributed by atoms with Gasteiger partial charge in [-0.25, -0.2) is 0 Å². The first kappa shape index (κ1) is 17.5. The van der Waals surface area contributed by atoms with Crippen LogP contribution in [0.15, 0.2) is 35.3 Å². The Balaban J connectivity index is 1.61. The van der Waals surface area contributed by atoms with Crippen molar-refractivity contribution in [1.82, 2.24) is 20.4 Å². The van der Waals surface area contributed by atoms with Crippen molar-refractivity contribution in [1.29, 1.82) is 0 Å². The first-order chi connectivity index (χ1) is 12.1. The summed E-state index contributed by atoms with van der Waals surface area (Å²) in [5.41, 5.74) is 5.19. The Hall–Kier alpha value is -2.30. The fourth-order valence-corrected chi connectivity index (χ4v) is 3.68. The van der Waals surface area contributed by atoms with Crippen LogP contribution in [-0.2, 0) is 19.0 Å². The van der Waals surface area contributed by atoms with Crippen LogP contribution in [0.1, 0.15) is 41.8 Å². The van der Waals surface area contributed by atoms with Crippen molar-refractivity contribution in [2.45, 2.75) is 45.1 Å². The van der Waals surface area contributed by atoms with Crippen molar-refractivity contribution in [3.63, 3.8) is 0 Å². The van der Waals surface area contributed by atoms with Crippen molar-refractivity contribution in [3.8, 4) is 0 Å². The van der Waals surface area contributed by atoms with Crippen molar-refractivity contribution in [2.24, 2.45) is 12.0 Å². The van der Waals surface area contributed by atoms with E-state index < -0.39 is 0 Å². The summed E-state index contributed by atoms with van der Waals surface area (Å²) < 4.78 is 1.93. The topological polar surface area (TPSA) is 54.2 Å². The molecular weight excluding hydrogens is 310 g/mol. The van der Waals surface area contributed by atoms with E-state index in [-0.39, 0.29) is 5.41 Å². The van der Waals surface area contributed by atoms with Gasteiger partial charge >= 0.3 is 0 Å². The molecule has 1 aliphatic carbocycles. The Morgan fingerprint density at radius 1 is 1.20 bits per heavy atom. The van der Waals surface area contributed by atoms with Gasteiger partial charge < -0.3 is 10.6 Å². The van der Waals surface area contributed by atoms with Gasteiger partial charge in [-0.3, -0.25) is 9.67 Å². The molecule has 134 valence electrons. The first-order valence-corrected chi connectivity index (χ1v) is 9.05. The zero-order valence-electron chi connectivity index (χ0n) is 15.8. The summed E-state index contributed by atoms with van der Waals surface area (Å²) in [4.78, 5) is 4.39. The number of nitrogens with one attached hydrogen (secondary N) is 2. The van der Waals surface area contributed by atoms with Crippen molar-refractivity contribution in [2.75, 3.05) is 13.6 Å². The van der Waals surface area contributed by atoms with Gasteiger partial charge in [0.05, 0.1) is 5.69 Å². The van der Waals surface area contributed by atoms with Crippen LogP contribution in [0.2, 0.25) is 0 Å². The standard InChI is InChI=1S/C20H29N5/c1-15-18(16(2)25(4)24-15)13-22-19(21-3)23-14-20(11-8-12-20)17-9-6-5-7-10-17/h5-7,9-10H,8,11-14H2,1-4H3,(H2,21,22,23). The zero-order chi connectivity index (χ0) is 17.9. The SMILES string of the molecule is CN=C(NCc1c(C)nn(C)c1C)NCC1(c2ccccc2)CCC1. The van der Waals surface area contributed by atoms with E-state index in [2.05, 4.69) is 64.9 Å². The van der Waals surface area contributed by atoms with Gasteiger partial charge in [-0.2, -0.15) is 5.10 Å². The monoisotopic (exact) mass is 339 g/mol. The van der Waals surface area contributed by atoms with Gasteiger partial charge in [-0.15, -0.1) is 0 Å². The molecule has 0 aliphatic heterocycles. The van der Waals surface area contributed by atoms with E-state index >= 15 is 0 Å². The first-order valence-electron chi connectivity index (χ1n) is 9.05. The van der Waals surface area contributed by atoms with Gasteiger partial charge in [0.15, 0.2) is 5.96 Å². The highest BCUT2D eigenvalue weighted by Gasteiger charge is 2.38. The molecule has 1 fully saturated rings. The van der Waals surface area contributed by atoms with E-state index in [1.165, 1.54) is 36.1 Å². The molecule has 3 rings (SSSR count). The molecule has 0 amide bonds. The summed E-state index contributed by atoms with van der Waals surface area (Å²) in [5.74, 6) is 0.852. The molecule has 5 nitrogen and oxygen atoms in total. The highest BCUT2D eigenvalue weighted by molar-refractivity contribution is 5.79. The third-order valence-corrected chi connectivity index (χ3v) is 5.61. The molecule has 2 aromatic rings. The number of nitrogens with zero attached hydrogens (tertiary/aromatic N) is 3. The summed E-state index contributed by atoms with van der Waals surface area (Å²) in [5, 5.41) is 11.5. The molecule has 1 saturated carbocycles. The lowest BCUT2D eigenvalue weighted by atomic mass is 9.64.